The Hall–Kier alpha value is -2.30. The van der Waals surface area contributed by atoms with E-state index in [1.54, 1.807) is 10.7 Å². The topological polar surface area (TPSA) is 58.4 Å². The van der Waals surface area contributed by atoms with Crippen LogP contribution in [-0.4, -0.2) is 27.9 Å². The van der Waals surface area contributed by atoms with Gasteiger partial charge in [-0.3, -0.25) is 0 Å². The van der Waals surface area contributed by atoms with Gasteiger partial charge in [-0.15, -0.1) is 0 Å². The number of carboxylic acid groups (broad SMARTS) is 1. The monoisotopic (exact) mass is 259 g/mol. The molecule has 0 saturated carbocycles. The summed E-state index contributed by atoms with van der Waals surface area (Å²) in [5, 5.41) is 13.1. The molecule has 19 heavy (non-hydrogen) atoms. The molecule has 0 spiro atoms. The van der Waals surface area contributed by atoms with Crippen molar-refractivity contribution >= 4 is 11.8 Å². The molecule has 1 aromatic heterocycles. The molecule has 0 aliphatic rings. The molecule has 1 N–H and O–H groups in total. The first-order valence-corrected chi connectivity index (χ1v) is 6.18. The fourth-order valence-electron chi connectivity index (χ4n) is 1.99. The van der Waals surface area contributed by atoms with Crippen molar-refractivity contribution in [3.63, 3.8) is 0 Å². The fraction of sp³-hybridized carbons (Fsp3) is 0.286. The smallest absolute Gasteiger partial charge is 0.356 e. The number of aromatic carboxylic acids is 1. The minimum atomic E-state index is -0.999. The van der Waals surface area contributed by atoms with Gasteiger partial charge in [0, 0.05) is 26.2 Å². The molecule has 1 aromatic carbocycles. The Bertz CT molecular complexity index is 563. The van der Waals surface area contributed by atoms with Crippen LogP contribution in [-0.2, 0) is 13.1 Å². The van der Waals surface area contributed by atoms with Gasteiger partial charge in [-0.2, -0.15) is 5.10 Å². The third kappa shape index (κ3) is 2.93. The maximum Gasteiger partial charge on any atom is 0.356 e. The highest BCUT2D eigenvalue weighted by Gasteiger charge is 2.15. The van der Waals surface area contributed by atoms with Crippen molar-refractivity contribution in [2.75, 3.05) is 11.9 Å². The molecule has 2 aromatic rings. The molecular formula is C14H17N3O2. The standard InChI is InChI=1S/C14H17N3O2/c1-3-17-13(9-12(15-17)14(18)19)16(2)10-11-7-5-4-6-8-11/h4-9H,3,10H2,1-2H3,(H,18,19). The zero-order chi connectivity index (χ0) is 13.8. The van der Waals surface area contributed by atoms with Crippen molar-refractivity contribution in [1.29, 1.82) is 0 Å². The van der Waals surface area contributed by atoms with E-state index in [4.69, 9.17) is 5.11 Å². The lowest BCUT2D eigenvalue weighted by Gasteiger charge is -2.19. The van der Waals surface area contributed by atoms with Crippen LogP contribution in [0.25, 0.3) is 0 Å². The van der Waals surface area contributed by atoms with E-state index in [0.717, 1.165) is 5.82 Å². The molecule has 0 aliphatic carbocycles. The third-order valence-electron chi connectivity index (χ3n) is 2.93. The summed E-state index contributed by atoms with van der Waals surface area (Å²) in [6.07, 6.45) is 0. The summed E-state index contributed by atoms with van der Waals surface area (Å²) in [7, 11) is 1.93. The first-order chi connectivity index (χ1) is 9.11. The minimum Gasteiger partial charge on any atom is -0.476 e. The summed E-state index contributed by atoms with van der Waals surface area (Å²) in [6, 6.07) is 11.6. The van der Waals surface area contributed by atoms with Crippen molar-refractivity contribution in [3.8, 4) is 0 Å². The largest absolute Gasteiger partial charge is 0.476 e. The van der Waals surface area contributed by atoms with Crippen molar-refractivity contribution in [1.82, 2.24) is 9.78 Å². The molecule has 0 bridgehead atoms. The Morgan fingerprint density at radius 2 is 2.05 bits per heavy atom. The summed E-state index contributed by atoms with van der Waals surface area (Å²) in [4.78, 5) is 13.0. The number of nitrogens with zero attached hydrogens (tertiary/aromatic N) is 3. The summed E-state index contributed by atoms with van der Waals surface area (Å²) in [5.74, 6) is -0.190. The molecular weight excluding hydrogens is 242 g/mol. The second kappa shape index (κ2) is 5.56. The molecule has 1 heterocycles. The summed E-state index contributed by atoms with van der Waals surface area (Å²) >= 11 is 0. The predicted molar refractivity (Wildman–Crippen MR) is 73.4 cm³/mol. The first-order valence-electron chi connectivity index (χ1n) is 6.18. The van der Waals surface area contributed by atoms with Crippen molar-refractivity contribution in [3.05, 3.63) is 47.7 Å². The van der Waals surface area contributed by atoms with Crippen LogP contribution in [0.4, 0.5) is 5.82 Å². The van der Waals surface area contributed by atoms with E-state index in [1.165, 1.54) is 5.56 Å². The number of benzene rings is 1. The highest BCUT2D eigenvalue weighted by Crippen LogP contribution is 2.17. The number of rotatable bonds is 5. The van der Waals surface area contributed by atoms with Crippen molar-refractivity contribution in [2.24, 2.45) is 0 Å². The number of carboxylic acids is 1. The molecule has 0 radical (unpaired) electrons. The van der Waals surface area contributed by atoms with Gasteiger partial charge in [0.15, 0.2) is 5.69 Å². The van der Waals surface area contributed by atoms with E-state index in [1.807, 2.05) is 49.2 Å². The quantitative estimate of drug-likeness (QED) is 0.894. The molecule has 5 heteroatoms. The van der Waals surface area contributed by atoms with Crippen LogP contribution >= 0.6 is 0 Å². The molecule has 0 saturated heterocycles. The van der Waals surface area contributed by atoms with E-state index in [-0.39, 0.29) is 5.69 Å². The van der Waals surface area contributed by atoms with Crippen LogP contribution in [0.5, 0.6) is 0 Å². The van der Waals surface area contributed by atoms with Gasteiger partial charge in [-0.25, -0.2) is 9.48 Å². The molecule has 0 amide bonds. The van der Waals surface area contributed by atoms with Crippen molar-refractivity contribution in [2.45, 2.75) is 20.0 Å². The van der Waals surface area contributed by atoms with Gasteiger partial charge in [0.1, 0.15) is 5.82 Å². The second-order valence-corrected chi connectivity index (χ2v) is 4.35. The SMILES string of the molecule is CCn1nc(C(=O)O)cc1N(C)Cc1ccccc1. The van der Waals surface area contributed by atoms with E-state index in [2.05, 4.69) is 5.10 Å². The van der Waals surface area contributed by atoms with Crippen LogP contribution in [0.1, 0.15) is 23.0 Å². The number of hydrogen-bond donors (Lipinski definition) is 1. The van der Waals surface area contributed by atoms with Gasteiger partial charge < -0.3 is 10.0 Å². The van der Waals surface area contributed by atoms with Gasteiger partial charge >= 0.3 is 5.97 Å². The summed E-state index contributed by atoms with van der Waals surface area (Å²) < 4.78 is 1.70. The Balaban J connectivity index is 2.23. The zero-order valence-corrected chi connectivity index (χ0v) is 11.1. The maximum absolute atomic E-state index is 11.0. The molecule has 0 fully saturated rings. The number of hydrogen-bond acceptors (Lipinski definition) is 3. The lowest BCUT2D eigenvalue weighted by molar-refractivity contribution is 0.0689. The van der Waals surface area contributed by atoms with Crippen LogP contribution in [0.3, 0.4) is 0 Å². The highest BCUT2D eigenvalue weighted by atomic mass is 16.4. The number of anilines is 1. The fourth-order valence-corrected chi connectivity index (χ4v) is 1.99. The molecule has 2 rings (SSSR count). The van der Waals surface area contributed by atoms with E-state index >= 15 is 0 Å². The zero-order valence-electron chi connectivity index (χ0n) is 11.1. The first kappa shape index (κ1) is 13.1. The second-order valence-electron chi connectivity index (χ2n) is 4.35. The average molecular weight is 259 g/mol. The summed E-state index contributed by atoms with van der Waals surface area (Å²) in [5.41, 5.74) is 1.25. The Morgan fingerprint density at radius 1 is 1.37 bits per heavy atom. The lowest BCUT2D eigenvalue weighted by atomic mass is 10.2. The van der Waals surface area contributed by atoms with E-state index < -0.39 is 5.97 Å². The normalized spacial score (nSPS) is 10.4. The van der Waals surface area contributed by atoms with Gasteiger partial charge in [0.2, 0.25) is 0 Å². The Morgan fingerprint density at radius 3 is 2.63 bits per heavy atom. The third-order valence-corrected chi connectivity index (χ3v) is 2.93. The van der Waals surface area contributed by atoms with Gasteiger partial charge in [-0.05, 0) is 12.5 Å². The lowest BCUT2D eigenvalue weighted by Crippen LogP contribution is -2.20. The van der Waals surface area contributed by atoms with E-state index in [9.17, 15) is 4.79 Å². The number of aromatic nitrogens is 2. The van der Waals surface area contributed by atoms with Gasteiger partial charge in [0.25, 0.3) is 0 Å². The summed E-state index contributed by atoms with van der Waals surface area (Å²) in [6.45, 7) is 3.30. The molecule has 0 atom stereocenters. The van der Waals surface area contributed by atoms with Crippen LogP contribution < -0.4 is 4.90 Å². The Labute approximate surface area is 112 Å². The molecule has 0 unspecified atom stereocenters. The average Bonchev–Trinajstić information content (AvgIpc) is 2.84. The van der Waals surface area contributed by atoms with Gasteiger partial charge in [-0.1, -0.05) is 30.3 Å². The molecule has 5 nitrogen and oxygen atoms in total. The van der Waals surface area contributed by atoms with Crippen LogP contribution in [0.15, 0.2) is 36.4 Å². The number of aryl methyl sites for hydroxylation is 1. The molecule has 0 aliphatic heterocycles. The minimum absolute atomic E-state index is 0.0803. The maximum atomic E-state index is 11.0. The van der Waals surface area contributed by atoms with Crippen LogP contribution in [0, 0.1) is 0 Å². The van der Waals surface area contributed by atoms with Crippen molar-refractivity contribution < 1.29 is 9.90 Å². The molecule has 100 valence electrons. The van der Waals surface area contributed by atoms with E-state index in [0.29, 0.717) is 13.1 Å². The van der Waals surface area contributed by atoms with Crippen LogP contribution in [0.2, 0.25) is 0 Å². The Kier molecular flexibility index (Phi) is 3.85. The van der Waals surface area contributed by atoms with Gasteiger partial charge in [0.05, 0.1) is 0 Å². The predicted octanol–water partition coefficient (Wildman–Crippen LogP) is 2.24. The highest BCUT2D eigenvalue weighted by molar-refractivity contribution is 5.86. The number of carbonyl (C=O) groups is 1.